The molecule has 1 spiro atoms. The summed E-state index contributed by atoms with van der Waals surface area (Å²) in [6.07, 6.45) is 12.0. The molecular weight excluding hydrogens is 252 g/mol. The number of carbonyl (C=O) groups is 1. The number of nitrogens with zero attached hydrogens (tertiary/aromatic N) is 1. The first-order valence-electron chi connectivity index (χ1n) is 7.67. The van der Waals surface area contributed by atoms with Crippen LogP contribution in [0.3, 0.4) is 0 Å². The van der Waals surface area contributed by atoms with E-state index in [0.29, 0.717) is 5.41 Å². The van der Waals surface area contributed by atoms with Crippen molar-refractivity contribution in [1.82, 2.24) is 9.88 Å². The van der Waals surface area contributed by atoms with E-state index in [1.165, 1.54) is 44.4 Å². The number of H-pyrrole nitrogens is 1. The predicted molar refractivity (Wildman–Crippen MR) is 77.7 cm³/mol. The van der Waals surface area contributed by atoms with Crippen LogP contribution in [0.4, 0.5) is 0 Å². The second-order valence-electron chi connectivity index (χ2n) is 6.28. The van der Waals surface area contributed by atoms with Gasteiger partial charge in [-0.15, -0.1) is 0 Å². The van der Waals surface area contributed by atoms with Crippen molar-refractivity contribution in [1.29, 1.82) is 0 Å². The van der Waals surface area contributed by atoms with Crippen LogP contribution in [0, 0.1) is 5.41 Å². The molecule has 0 bridgehead atoms. The van der Waals surface area contributed by atoms with Crippen LogP contribution in [0.15, 0.2) is 23.3 Å². The van der Waals surface area contributed by atoms with Crippen molar-refractivity contribution < 1.29 is 4.79 Å². The van der Waals surface area contributed by atoms with Crippen molar-refractivity contribution in [3.8, 4) is 0 Å². The lowest BCUT2D eigenvalue weighted by atomic mass is 9.68. The minimum atomic E-state index is -0.188. The Hall–Kier alpha value is -1.58. The highest BCUT2D eigenvalue weighted by atomic mass is 16.2. The van der Waals surface area contributed by atoms with Crippen molar-refractivity contribution >= 4 is 5.91 Å². The van der Waals surface area contributed by atoms with Gasteiger partial charge in [-0.3, -0.25) is 9.59 Å². The second kappa shape index (κ2) is 5.43. The normalized spacial score (nSPS) is 21.9. The Kier molecular flexibility index (Phi) is 3.64. The molecule has 1 saturated carbocycles. The summed E-state index contributed by atoms with van der Waals surface area (Å²) in [5.74, 6) is -0.113. The minimum Gasteiger partial charge on any atom is -0.367 e. The summed E-state index contributed by atoms with van der Waals surface area (Å²) in [6.45, 7) is 1.60. The number of aromatic nitrogens is 1. The first kappa shape index (κ1) is 13.4. The van der Waals surface area contributed by atoms with Crippen LogP contribution in [-0.2, 0) is 0 Å². The maximum absolute atomic E-state index is 12.4. The summed E-state index contributed by atoms with van der Waals surface area (Å²) in [5, 5.41) is 0. The van der Waals surface area contributed by atoms with Gasteiger partial charge in [0, 0.05) is 31.5 Å². The lowest BCUT2D eigenvalue weighted by Gasteiger charge is -2.44. The first-order chi connectivity index (χ1) is 9.70. The van der Waals surface area contributed by atoms with E-state index < -0.39 is 0 Å². The Bertz CT molecular complexity index is 533. The number of carbonyl (C=O) groups excluding carboxylic acids is 1. The molecule has 3 rings (SSSR count). The van der Waals surface area contributed by atoms with E-state index in [1.54, 1.807) is 6.20 Å². The third-order valence-corrected chi connectivity index (χ3v) is 5.08. The first-order valence-corrected chi connectivity index (χ1v) is 7.67. The van der Waals surface area contributed by atoms with E-state index in [2.05, 4.69) is 4.98 Å². The van der Waals surface area contributed by atoms with Crippen molar-refractivity contribution in [3.63, 3.8) is 0 Å². The van der Waals surface area contributed by atoms with Crippen molar-refractivity contribution in [3.05, 3.63) is 34.2 Å². The molecule has 1 saturated heterocycles. The highest BCUT2D eigenvalue weighted by Crippen LogP contribution is 2.44. The SMILES string of the molecule is O=C(c1c[nH]ccc1=O)N1CCC2(CCCCC2)CC1. The van der Waals surface area contributed by atoms with E-state index in [-0.39, 0.29) is 16.9 Å². The zero-order valence-electron chi connectivity index (χ0n) is 11.9. The molecule has 0 aromatic carbocycles. The number of amides is 1. The van der Waals surface area contributed by atoms with Crippen LogP contribution in [0.1, 0.15) is 55.3 Å². The van der Waals surface area contributed by atoms with Gasteiger partial charge in [0.1, 0.15) is 5.56 Å². The smallest absolute Gasteiger partial charge is 0.259 e. The Labute approximate surface area is 119 Å². The van der Waals surface area contributed by atoms with Gasteiger partial charge in [0.05, 0.1) is 0 Å². The standard InChI is InChI=1S/C16H22N2O2/c19-14-4-9-17-12-13(14)15(20)18-10-7-16(8-11-18)5-2-1-3-6-16/h4,9,12H,1-3,5-8,10-11H2,(H,17,19). The van der Waals surface area contributed by atoms with Gasteiger partial charge in [0.15, 0.2) is 5.43 Å². The van der Waals surface area contributed by atoms with Gasteiger partial charge in [-0.1, -0.05) is 19.3 Å². The Balaban J connectivity index is 1.67. The maximum Gasteiger partial charge on any atom is 0.259 e. The summed E-state index contributed by atoms with van der Waals surface area (Å²) >= 11 is 0. The van der Waals surface area contributed by atoms with Gasteiger partial charge in [0.2, 0.25) is 0 Å². The molecule has 4 heteroatoms. The Morgan fingerprint density at radius 1 is 1.10 bits per heavy atom. The second-order valence-corrected chi connectivity index (χ2v) is 6.28. The number of likely N-dealkylation sites (tertiary alicyclic amines) is 1. The molecule has 20 heavy (non-hydrogen) atoms. The summed E-state index contributed by atoms with van der Waals surface area (Å²) in [6, 6.07) is 1.42. The van der Waals surface area contributed by atoms with E-state index >= 15 is 0 Å². The molecule has 1 amide bonds. The topological polar surface area (TPSA) is 53.2 Å². The summed E-state index contributed by atoms with van der Waals surface area (Å²) in [4.78, 5) is 28.8. The van der Waals surface area contributed by atoms with E-state index in [1.807, 2.05) is 4.90 Å². The van der Waals surface area contributed by atoms with Crippen LogP contribution in [-0.4, -0.2) is 28.9 Å². The molecule has 1 aliphatic heterocycles. The third kappa shape index (κ3) is 2.51. The summed E-state index contributed by atoms with van der Waals surface area (Å²) in [7, 11) is 0. The molecular formula is C16H22N2O2. The van der Waals surface area contributed by atoms with Crippen LogP contribution < -0.4 is 5.43 Å². The molecule has 2 fully saturated rings. The van der Waals surface area contributed by atoms with Gasteiger partial charge in [-0.05, 0) is 31.1 Å². The fraction of sp³-hybridized carbons (Fsp3) is 0.625. The number of hydrogen-bond acceptors (Lipinski definition) is 2. The van der Waals surface area contributed by atoms with Gasteiger partial charge in [-0.2, -0.15) is 0 Å². The number of nitrogens with one attached hydrogen (secondary N) is 1. The molecule has 1 N–H and O–H groups in total. The van der Waals surface area contributed by atoms with Crippen LogP contribution >= 0.6 is 0 Å². The van der Waals surface area contributed by atoms with E-state index in [4.69, 9.17) is 0 Å². The van der Waals surface area contributed by atoms with Gasteiger partial charge in [0.25, 0.3) is 5.91 Å². The van der Waals surface area contributed by atoms with Gasteiger partial charge in [-0.25, -0.2) is 0 Å². The monoisotopic (exact) mass is 274 g/mol. The Morgan fingerprint density at radius 3 is 2.45 bits per heavy atom. The molecule has 2 heterocycles. The quantitative estimate of drug-likeness (QED) is 0.855. The van der Waals surface area contributed by atoms with Crippen molar-refractivity contribution in [2.75, 3.05) is 13.1 Å². The van der Waals surface area contributed by atoms with Crippen LogP contribution in [0.25, 0.3) is 0 Å². The summed E-state index contributed by atoms with van der Waals surface area (Å²) in [5.41, 5.74) is 0.566. The number of rotatable bonds is 1. The fourth-order valence-electron chi connectivity index (χ4n) is 3.74. The van der Waals surface area contributed by atoms with Crippen molar-refractivity contribution in [2.45, 2.75) is 44.9 Å². The zero-order valence-corrected chi connectivity index (χ0v) is 11.9. The number of piperidine rings is 1. The zero-order chi connectivity index (χ0) is 14.0. The fourth-order valence-corrected chi connectivity index (χ4v) is 3.74. The molecule has 1 aromatic heterocycles. The number of aromatic amines is 1. The molecule has 2 aliphatic rings. The lowest BCUT2D eigenvalue weighted by Crippen LogP contribution is -2.44. The molecule has 1 aliphatic carbocycles. The molecule has 108 valence electrons. The van der Waals surface area contributed by atoms with E-state index in [9.17, 15) is 9.59 Å². The lowest BCUT2D eigenvalue weighted by molar-refractivity contribution is 0.0470. The third-order valence-electron chi connectivity index (χ3n) is 5.08. The summed E-state index contributed by atoms with van der Waals surface area (Å²) < 4.78 is 0. The Morgan fingerprint density at radius 2 is 1.80 bits per heavy atom. The molecule has 1 aromatic rings. The molecule has 0 atom stereocenters. The van der Waals surface area contributed by atoms with Gasteiger partial charge >= 0.3 is 0 Å². The molecule has 0 radical (unpaired) electrons. The highest BCUT2D eigenvalue weighted by molar-refractivity contribution is 5.93. The largest absolute Gasteiger partial charge is 0.367 e. The van der Waals surface area contributed by atoms with Gasteiger partial charge < -0.3 is 9.88 Å². The average Bonchev–Trinajstić information content (AvgIpc) is 2.49. The van der Waals surface area contributed by atoms with Crippen LogP contribution in [0.5, 0.6) is 0 Å². The van der Waals surface area contributed by atoms with Crippen LogP contribution in [0.2, 0.25) is 0 Å². The van der Waals surface area contributed by atoms with Crippen molar-refractivity contribution in [2.24, 2.45) is 5.41 Å². The number of pyridine rings is 1. The highest BCUT2D eigenvalue weighted by Gasteiger charge is 2.36. The predicted octanol–water partition coefficient (Wildman–Crippen LogP) is 2.56. The molecule has 0 unspecified atom stereocenters. The number of hydrogen-bond donors (Lipinski definition) is 1. The minimum absolute atomic E-state index is 0.113. The maximum atomic E-state index is 12.4. The van der Waals surface area contributed by atoms with E-state index in [0.717, 1.165) is 25.9 Å². The molecule has 4 nitrogen and oxygen atoms in total. The average molecular weight is 274 g/mol.